The van der Waals surface area contributed by atoms with Gasteiger partial charge in [-0.3, -0.25) is 4.79 Å². The molecule has 0 bridgehead atoms. The SMILES string of the molecule is CCOCCOC(=O)c1cccc(NC(=O)CC)c1. The van der Waals surface area contributed by atoms with E-state index in [1.165, 1.54) is 0 Å². The zero-order valence-corrected chi connectivity index (χ0v) is 11.3. The molecule has 0 saturated carbocycles. The van der Waals surface area contributed by atoms with E-state index < -0.39 is 5.97 Å². The lowest BCUT2D eigenvalue weighted by Crippen LogP contribution is -2.12. The zero-order valence-electron chi connectivity index (χ0n) is 11.3. The number of hydrogen-bond acceptors (Lipinski definition) is 4. The van der Waals surface area contributed by atoms with Crippen LogP contribution in [0.25, 0.3) is 0 Å². The maximum atomic E-state index is 11.7. The van der Waals surface area contributed by atoms with Crippen molar-refractivity contribution < 1.29 is 19.1 Å². The van der Waals surface area contributed by atoms with Crippen LogP contribution in [0.3, 0.4) is 0 Å². The Balaban J connectivity index is 2.55. The minimum absolute atomic E-state index is 0.0955. The molecule has 0 aliphatic heterocycles. The number of nitrogens with one attached hydrogen (secondary N) is 1. The van der Waals surface area contributed by atoms with Gasteiger partial charge in [0.15, 0.2) is 0 Å². The van der Waals surface area contributed by atoms with Crippen LogP contribution in [0.5, 0.6) is 0 Å². The molecule has 0 heterocycles. The van der Waals surface area contributed by atoms with Crippen molar-refractivity contribution in [3.63, 3.8) is 0 Å². The van der Waals surface area contributed by atoms with Crippen molar-refractivity contribution in [3.8, 4) is 0 Å². The molecule has 0 aliphatic carbocycles. The Labute approximate surface area is 112 Å². The van der Waals surface area contributed by atoms with Gasteiger partial charge in [0.05, 0.1) is 12.2 Å². The van der Waals surface area contributed by atoms with E-state index in [1.54, 1.807) is 31.2 Å². The van der Waals surface area contributed by atoms with E-state index in [-0.39, 0.29) is 12.5 Å². The smallest absolute Gasteiger partial charge is 0.338 e. The second kappa shape index (κ2) is 8.26. The summed E-state index contributed by atoms with van der Waals surface area (Å²) in [5.74, 6) is -0.519. The standard InChI is InChI=1S/C14H19NO4/c1-3-13(16)15-12-7-5-6-11(10-12)14(17)19-9-8-18-4-2/h5-7,10H,3-4,8-9H2,1-2H3,(H,15,16). The minimum atomic E-state index is -0.424. The topological polar surface area (TPSA) is 64.6 Å². The molecule has 1 rings (SSSR count). The van der Waals surface area contributed by atoms with Crippen LogP contribution in [0.1, 0.15) is 30.6 Å². The van der Waals surface area contributed by atoms with E-state index in [0.29, 0.717) is 30.9 Å². The predicted molar refractivity (Wildman–Crippen MR) is 72.1 cm³/mol. The van der Waals surface area contributed by atoms with Crippen LogP contribution in [0.15, 0.2) is 24.3 Å². The monoisotopic (exact) mass is 265 g/mol. The lowest BCUT2D eigenvalue weighted by atomic mass is 10.2. The molecule has 0 atom stereocenters. The summed E-state index contributed by atoms with van der Waals surface area (Å²) >= 11 is 0. The number of esters is 1. The van der Waals surface area contributed by atoms with Gasteiger partial charge in [-0.25, -0.2) is 4.79 Å². The molecule has 0 spiro atoms. The molecular weight excluding hydrogens is 246 g/mol. The van der Waals surface area contributed by atoms with Crippen LogP contribution in [0.2, 0.25) is 0 Å². The first kappa shape index (κ1) is 15.2. The van der Waals surface area contributed by atoms with Gasteiger partial charge in [0.2, 0.25) is 5.91 Å². The summed E-state index contributed by atoms with van der Waals surface area (Å²) < 4.78 is 10.1. The molecule has 0 unspecified atom stereocenters. The van der Waals surface area contributed by atoms with Gasteiger partial charge >= 0.3 is 5.97 Å². The van der Waals surface area contributed by atoms with Crippen LogP contribution in [-0.2, 0) is 14.3 Å². The molecule has 0 saturated heterocycles. The lowest BCUT2D eigenvalue weighted by Gasteiger charge is -2.07. The second-order valence-electron chi connectivity index (χ2n) is 3.82. The Hall–Kier alpha value is -1.88. The Morgan fingerprint density at radius 1 is 1.21 bits per heavy atom. The second-order valence-corrected chi connectivity index (χ2v) is 3.82. The van der Waals surface area contributed by atoms with Gasteiger partial charge in [0.25, 0.3) is 0 Å². The maximum Gasteiger partial charge on any atom is 0.338 e. The van der Waals surface area contributed by atoms with Crippen molar-refractivity contribution in [2.45, 2.75) is 20.3 Å². The predicted octanol–water partition coefficient (Wildman–Crippen LogP) is 2.23. The summed E-state index contributed by atoms with van der Waals surface area (Å²) in [6.45, 7) is 4.84. The molecule has 1 N–H and O–H groups in total. The molecule has 5 heteroatoms. The number of anilines is 1. The normalized spacial score (nSPS) is 10.0. The first-order chi connectivity index (χ1) is 9.17. The van der Waals surface area contributed by atoms with Crippen LogP contribution in [0, 0.1) is 0 Å². The number of amides is 1. The average molecular weight is 265 g/mol. The third-order valence-electron chi connectivity index (χ3n) is 2.37. The first-order valence-electron chi connectivity index (χ1n) is 6.32. The molecule has 0 aromatic heterocycles. The summed E-state index contributed by atoms with van der Waals surface area (Å²) in [6, 6.07) is 6.66. The summed E-state index contributed by atoms with van der Waals surface area (Å²) in [6.07, 6.45) is 0.392. The third-order valence-corrected chi connectivity index (χ3v) is 2.37. The van der Waals surface area contributed by atoms with Crippen molar-refractivity contribution in [2.75, 3.05) is 25.1 Å². The number of hydrogen-bond donors (Lipinski definition) is 1. The highest BCUT2D eigenvalue weighted by atomic mass is 16.6. The molecule has 5 nitrogen and oxygen atoms in total. The van der Waals surface area contributed by atoms with Crippen molar-refractivity contribution in [1.82, 2.24) is 0 Å². The van der Waals surface area contributed by atoms with E-state index in [1.807, 2.05) is 6.92 Å². The van der Waals surface area contributed by atoms with Crippen molar-refractivity contribution in [3.05, 3.63) is 29.8 Å². The fraction of sp³-hybridized carbons (Fsp3) is 0.429. The Morgan fingerprint density at radius 3 is 2.68 bits per heavy atom. The number of carbonyl (C=O) groups excluding carboxylic acids is 2. The van der Waals surface area contributed by atoms with Gasteiger partial charge in [-0.15, -0.1) is 0 Å². The first-order valence-corrected chi connectivity index (χ1v) is 6.32. The fourth-order valence-corrected chi connectivity index (χ4v) is 1.39. The summed E-state index contributed by atoms with van der Waals surface area (Å²) in [5, 5.41) is 2.69. The fourth-order valence-electron chi connectivity index (χ4n) is 1.39. The average Bonchev–Trinajstić information content (AvgIpc) is 2.43. The zero-order chi connectivity index (χ0) is 14.1. The van der Waals surface area contributed by atoms with Crippen LogP contribution in [-0.4, -0.2) is 31.7 Å². The largest absolute Gasteiger partial charge is 0.460 e. The van der Waals surface area contributed by atoms with E-state index in [9.17, 15) is 9.59 Å². The number of carbonyl (C=O) groups is 2. The molecule has 0 fully saturated rings. The highest BCUT2D eigenvalue weighted by molar-refractivity contribution is 5.94. The maximum absolute atomic E-state index is 11.7. The molecule has 0 aliphatic rings. The Morgan fingerprint density at radius 2 is 2.00 bits per heavy atom. The van der Waals surface area contributed by atoms with E-state index >= 15 is 0 Å². The third kappa shape index (κ3) is 5.52. The Bertz CT molecular complexity index is 431. The summed E-state index contributed by atoms with van der Waals surface area (Å²) in [7, 11) is 0. The molecule has 19 heavy (non-hydrogen) atoms. The number of rotatable bonds is 7. The van der Waals surface area contributed by atoms with Gasteiger partial charge in [-0.2, -0.15) is 0 Å². The molecule has 0 radical (unpaired) electrons. The molecule has 1 amide bonds. The molecule has 1 aromatic rings. The van der Waals surface area contributed by atoms with Crippen LogP contribution in [0.4, 0.5) is 5.69 Å². The molecule has 1 aromatic carbocycles. The highest BCUT2D eigenvalue weighted by Gasteiger charge is 2.08. The van der Waals surface area contributed by atoms with Gasteiger partial charge in [-0.1, -0.05) is 13.0 Å². The number of ether oxygens (including phenoxy) is 2. The quantitative estimate of drug-likeness (QED) is 0.606. The van der Waals surface area contributed by atoms with Gasteiger partial charge in [0, 0.05) is 18.7 Å². The van der Waals surface area contributed by atoms with Gasteiger partial charge in [-0.05, 0) is 25.1 Å². The number of benzene rings is 1. The molecular formula is C14H19NO4. The van der Waals surface area contributed by atoms with Crippen LogP contribution < -0.4 is 5.32 Å². The summed E-state index contributed by atoms with van der Waals surface area (Å²) in [4.78, 5) is 23.0. The van der Waals surface area contributed by atoms with Crippen molar-refractivity contribution >= 4 is 17.6 Å². The Kier molecular flexibility index (Phi) is 6.60. The minimum Gasteiger partial charge on any atom is -0.460 e. The van der Waals surface area contributed by atoms with E-state index in [2.05, 4.69) is 5.32 Å². The van der Waals surface area contributed by atoms with Gasteiger partial charge in [0.1, 0.15) is 6.61 Å². The van der Waals surface area contributed by atoms with Gasteiger partial charge < -0.3 is 14.8 Å². The highest BCUT2D eigenvalue weighted by Crippen LogP contribution is 2.12. The van der Waals surface area contributed by atoms with E-state index in [4.69, 9.17) is 9.47 Å². The van der Waals surface area contributed by atoms with E-state index in [0.717, 1.165) is 0 Å². The lowest BCUT2D eigenvalue weighted by molar-refractivity contribution is -0.115. The summed E-state index contributed by atoms with van der Waals surface area (Å²) in [5.41, 5.74) is 0.997. The van der Waals surface area contributed by atoms with Crippen molar-refractivity contribution in [1.29, 1.82) is 0 Å². The van der Waals surface area contributed by atoms with Crippen molar-refractivity contribution in [2.24, 2.45) is 0 Å². The van der Waals surface area contributed by atoms with Crippen LogP contribution >= 0.6 is 0 Å². The molecule has 104 valence electrons.